The van der Waals surface area contributed by atoms with E-state index in [2.05, 4.69) is 0 Å². The molecule has 0 amide bonds. The van der Waals surface area contributed by atoms with Crippen molar-refractivity contribution in [1.29, 1.82) is 0 Å². The predicted molar refractivity (Wildman–Crippen MR) is 84.9 cm³/mol. The minimum Gasteiger partial charge on any atom is -0.377 e. The molecule has 8 heteroatoms. The second kappa shape index (κ2) is 6.86. The summed E-state index contributed by atoms with van der Waals surface area (Å²) >= 11 is 0. The summed E-state index contributed by atoms with van der Waals surface area (Å²) in [5.41, 5.74) is 0.934. The normalized spacial score (nSPS) is 12.7. The van der Waals surface area contributed by atoms with Gasteiger partial charge in [0.2, 0.25) is 0 Å². The quantitative estimate of drug-likeness (QED) is 0.612. The number of fused-ring (bicyclic) bond motifs is 1. The lowest BCUT2D eigenvalue weighted by Crippen LogP contribution is -2.47. The van der Waals surface area contributed by atoms with Gasteiger partial charge < -0.3 is 13.3 Å². The topological polar surface area (TPSA) is 82.1 Å². The molecule has 0 heterocycles. The van der Waals surface area contributed by atoms with Crippen LogP contribution in [0, 0.1) is 0 Å². The van der Waals surface area contributed by atoms with Crippen molar-refractivity contribution in [1.82, 2.24) is 0 Å². The molecule has 0 spiro atoms. The molecule has 0 aliphatic carbocycles. The van der Waals surface area contributed by atoms with E-state index in [1.54, 1.807) is 0 Å². The van der Waals surface area contributed by atoms with Crippen LogP contribution in [0.4, 0.5) is 0 Å². The molecular weight excluding hydrogens is 324 g/mol. The first-order chi connectivity index (χ1) is 10.4. The molecule has 0 atom stereocenters. The smallest absolute Gasteiger partial charge is 0.377 e. The van der Waals surface area contributed by atoms with Gasteiger partial charge in [-0.1, -0.05) is 42.5 Å². The Balaban J connectivity index is 2.33. The highest BCUT2D eigenvalue weighted by Crippen LogP contribution is 2.23. The summed E-state index contributed by atoms with van der Waals surface area (Å²) in [5.74, 6) is -0.855. The molecule has 22 heavy (non-hydrogen) atoms. The van der Waals surface area contributed by atoms with E-state index in [4.69, 9.17) is 17.8 Å². The van der Waals surface area contributed by atoms with Crippen LogP contribution in [0.2, 0.25) is 0 Å². The minimum atomic E-state index is -4.26. The summed E-state index contributed by atoms with van der Waals surface area (Å²) in [6.45, 7) is 0. The van der Waals surface area contributed by atoms with Gasteiger partial charge in [0.1, 0.15) is 0 Å². The van der Waals surface area contributed by atoms with Gasteiger partial charge in [-0.25, -0.2) is 0 Å². The molecule has 0 aliphatic heterocycles. The number of benzene rings is 2. The Morgan fingerprint density at radius 3 is 2.32 bits per heavy atom. The van der Waals surface area contributed by atoms with Crippen molar-refractivity contribution in [2.45, 2.75) is 6.04 Å². The first-order valence-electron chi connectivity index (χ1n) is 6.55. The van der Waals surface area contributed by atoms with Gasteiger partial charge >= 0.3 is 8.80 Å². The molecule has 0 saturated carbocycles. The molecule has 0 saturated heterocycles. The van der Waals surface area contributed by atoms with Crippen LogP contribution in [0.1, 0.15) is 5.56 Å². The Hall–Kier alpha value is -1.29. The van der Waals surface area contributed by atoms with Crippen molar-refractivity contribution in [3.8, 4) is 0 Å². The molecule has 0 bridgehead atoms. The van der Waals surface area contributed by atoms with Crippen molar-refractivity contribution < 1.29 is 26.2 Å². The maximum absolute atomic E-state index is 10.9. The first-order valence-corrected chi connectivity index (χ1v) is 10.1. The molecule has 0 unspecified atom stereocenters. The van der Waals surface area contributed by atoms with Crippen LogP contribution in [0.15, 0.2) is 42.5 Å². The number of hydrogen-bond donors (Lipinski definition) is 1. The minimum absolute atomic E-state index is 0.302. The van der Waals surface area contributed by atoms with E-state index in [-0.39, 0.29) is 0 Å². The van der Waals surface area contributed by atoms with E-state index >= 15 is 0 Å². The maximum atomic E-state index is 10.9. The number of rotatable bonds is 7. The maximum Gasteiger partial charge on any atom is 0.505 e. The SMILES string of the molecule is CO[Si](Cc1cccc2ccccc12)(OC)OCS(=O)(=O)O. The van der Waals surface area contributed by atoms with Gasteiger partial charge in [-0.15, -0.1) is 0 Å². The van der Waals surface area contributed by atoms with Gasteiger partial charge in [0, 0.05) is 20.3 Å². The summed E-state index contributed by atoms with van der Waals surface area (Å²) in [5, 5.41) is 2.08. The van der Waals surface area contributed by atoms with Gasteiger partial charge in [0.25, 0.3) is 10.1 Å². The lowest BCUT2D eigenvalue weighted by molar-refractivity contribution is 0.113. The van der Waals surface area contributed by atoms with Crippen molar-refractivity contribution in [2.24, 2.45) is 0 Å². The fourth-order valence-corrected chi connectivity index (χ4v) is 5.12. The Labute approximate surface area is 130 Å². The van der Waals surface area contributed by atoms with Gasteiger partial charge in [0.15, 0.2) is 5.94 Å². The van der Waals surface area contributed by atoms with E-state index in [0.717, 1.165) is 16.3 Å². The highest BCUT2D eigenvalue weighted by molar-refractivity contribution is 7.85. The van der Waals surface area contributed by atoms with Crippen LogP contribution in [-0.2, 0) is 29.4 Å². The zero-order valence-corrected chi connectivity index (χ0v) is 14.2. The molecule has 0 aliphatic rings. The summed E-state index contributed by atoms with van der Waals surface area (Å²) in [6, 6.07) is 13.9. The molecule has 0 aromatic heterocycles. The third-order valence-corrected chi connectivity index (χ3v) is 6.60. The van der Waals surface area contributed by atoms with Crippen molar-refractivity contribution in [3.63, 3.8) is 0 Å². The zero-order valence-electron chi connectivity index (χ0n) is 12.4. The lowest BCUT2D eigenvalue weighted by atomic mass is 10.1. The molecule has 0 radical (unpaired) electrons. The van der Waals surface area contributed by atoms with Crippen LogP contribution in [0.3, 0.4) is 0 Å². The molecule has 2 aromatic carbocycles. The fraction of sp³-hybridized carbons (Fsp3) is 0.286. The average Bonchev–Trinajstić information content (AvgIpc) is 2.51. The second-order valence-corrected chi connectivity index (χ2v) is 8.97. The Morgan fingerprint density at radius 2 is 1.68 bits per heavy atom. The highest BCUT2D eigenvalue weighted by Gasteiger charge is 2.41. The van der Waals surface area contributed by atoms with E-state index in [9.17, 15) is 8.42 Å². The monoisotopic (exact) mass is 342 g/mol. The molecule has 1 N–H and O–H groups in total. The standard InChI is InChI=1S/C14H18O6SSi/c1-18-22(19-2,20-11-21(15,16)17)10-13-8-5-7-12-6-3-4-9-14(12)13/h3-9H,10-11H2,1-2H3,(H,15,16,17). The van der Waals surface area contributed by atoms with Crippen LogP contribution in [-0.4, -0.2) is 41.9 Å². The Kier molecular flexibility index (Phi) is 5.32. The summed E-state index contributed by atoms with van der Waals surface area (Å²) < 4.78 is 46.7. The molecule has 2 rings (SSSR count). The van der Waals surface area contributed by atoms with Crippen LogP contribution in [0.25, 0.3) is 10.8 Å². The molecule has 0 fully saturated rings. The first kappa shape index (κ1) is 17.1. The van der Waals surface area contributed by atoms with Gasteiger partial charge in [-0.05, 0) is 16.3 Å². The largest absolute Gasteiger partial charge is 0.505 e. The molecular formula is C14H18O6SSi. The van der Waals surface area contributed by atoms with Crippen LogP contribution < -0.4 is 0 Å². The summed E-state index contributed by atoms with van der Waals surface area (Å²) in [4.78, 5) is 0. The van der Waals surface area contributed by atoms with Crippen molar-refractivity contribution >= 4 is 29.7 Å². The molecule has 2 aromatic rings. The third-order valence-electron chi connectivity index (χ3n) is 3.34. The van der Waals surface area contributed by atoms with Gasteiger partial charge in [-0.2, -0.15) is 8.42 Å². The van der Waals surface area contributed by atoms with Gasteiger partial charge in [0.05, 0.1) is 0 Å². The summed E-state index contributed by atoms with van der Waals surface area (Å²) in [6.07, 6.45) is 0. The lowest BCUT2D eigenvalue weighted by Gasteiger charge is -2.26. The second-order valence-electron chi connectivity index (χ2n) is 4.75. The Morgan fingerprint density at radius 1 is 1.05 bits per heavy atom. The zero-order chi connectivity index (χ0) is 16.2. The fourth-order valence-electron chi connectivity index (χ4n) is 2.24. The number of hydrogen-bond acceptors (Lipinski definition) is 5. The predicted octanol–water partition coefficient (Wildman–Crippen LogP) is 2.02. The van der Waals surface area contributed by atoms with Crippen LogP contribution in [0.5, 0.6) is 0 Å². The van der Waals surface area contributed by atoms with Crippen LogP contribution >= 0.6 is 0 Å². The molecule has 6 nitrogen and oxygen atoms in total. The van der Waals surface area contributed by atoms with E-state index in [0.29, 0.717) is 6.04 Å². The van der Waals surface area contributed by atoms with E-state index < -0.39 is 24.9 Å². The van der Waals surface area contributed by atoms with E-state index in [1.165, 1.54) is 14.2 Å². The highest BCUT2D eigenvalue weighted by atomic mass is 32.2. The average molecular weight is 342 g/mol. The van der Waals surface area contributed by atoms with Crippen molar-refractivity contribution in [2.75, 3.05) is 20.2 Å². The van der Waals surface area contributed by atoms with Crippen molar-refractivity contribution in [3.05, 3.63) is 48.0 Å². The Bertz CT molecular complexity index is 737. The molecule has 120 valence electrons. The third kappa shape index (κ3) is 4.13. The van der Waals surface area contributed by atoms with Gasteiger partial charge in [-0.3, -0.25) is 4.55 Å². The summed E-state index contributed by atoms with van der Waals surface area (Å²) in [7, 11) is -4.70. The van der Waals surface area contributed by atoms with E-state index in [1.807, 2.05) is 42.5 Å².